The van der Waals surface area contributed by atoms with E-state index in [9.17, 15) is 19.2 Å². The molecule has 1 aliphatic rings. The average Bonchev–Trinajstić information content (AvgIpc) is 2.98. The lowest BCUT2D eigenvalue weighted by Crippen LogP contribution is -2.44. The van der Waals surface area contributed by atoms with Crippen LogP contribution in [0.1, 0.15) is 6.42 Å². The maximum Gasteiger partial charge on any atom is 0.286 e. The molecule has 0 aliphatic carbocycles. The highest BCUT2D eigenvalue weighted by atomic mass is 32.2. The van der Waals surface area contributed by atoms with Crippen LogP contribution >= 0.6 is 11.8 Å². The zero-order valence-electron chi connectivity index (χ0n) is 10.0. The molecule has 0 aromatic carbocycles. The fraction of sp³-hybridized carbons (Fsp3) is 0.333. The Labute approximate surface area is 116 Å². The molecule has 1 fully saturated rings. The Kier molecular flexibility index (Phi) is 4.30. The molecule has 0 unspecified atom stereocenters. The van der Waals surface area contributed by atoms with Gasteiger partial charge in [-0.1, -0.05) is 11.8 Å². The van der Waals surface area contributed by atoms with Gasteiger partial charge in [0.05, 0.1) is 0 Å². The van der Waals surface area contributed by atoms with Gasteiger partial charge >= 0.3 is 0 Å². The first-order valence-electron chi connectivity index (χ1n) is 5.46. The zero-order valence-corrected chi connectivity index (χ0v) is 10.8. The van der Waals surface area contributed by atoms with Crippen molar-refractivity contribution in [3.05, 3.63) is 12.7 Å². The molecule has 3 N–H and O–H groups in total. The summed E-state index contributed by atoms with van der Waals surface area (Å²) in [6.07, 6.45) is 2.43. The normalized spacial score (nSPS) is 17.7. The number of aromatic nitrogens is 3. The minimum absolute atomic E-state index is 0.0998. The molecule has 0 bridgehead atoms. The summed E-state index contributed by atoms with van der Waals surface area (Å²) in [5.74, 6) is -1.58. The Balaban J connectivity index is 1.71. The lowest BCUT2D eigenvalue weighted by atomic mass is 10.3. The fourth-order valence-corrected chi connectivity index (χ4v) is 2.21. The van der Waals surface area contributed by atoms with E-state index >= 15 is 0 Å². The quantitative estimate of drug-likeness (QED) is 0.556. The van der Waals surface area contributed by atoms with Crippen molar-refractivity contribution in [2.75, 3.05) is 0 Å². The number of amides is 4. The Morgan fingerprint density at radius 1 is 1.35 bits per heavy atom. The summed E-state index contributed by atoms with van der Waals surface area (Å²) in [7, 11) is 0. The van der Waals surface area contributed by atoms with Gasteiger partial charge in [0, 0.05) is 6.42 Å². The minimum Gasteiger partial charge on any atom is -0.286 e. The van der Waals surface area contributed by atoms with Crippen molar-refractivity contribution in [2.24, 2.45) is 0 Å². The van der Waals surface area contributed by atoms with Gasteiger partial charge in [-0.25, -0.2) is 9.67 Å². The number of nitrogens with one attached hydrogen (secondary N) is 3. The second-order valence-corrected chi connectivity index (χ2v) is 4.95. The maximum atomic E-state index is 11.5. The summed E-state index contributed by atoms with van der Waals surface area (Å²) < 4.78 is 1.28. The van der Waals surface area contributed by atoms with Crippen LogP contribution in [0.2, 0.25) is 0 Å². The SMILES string of the molecule is O=C(C[C@H]1SC(=O)NC1=O)NNC(=O)Cn1cncn1. The molecule has 0 radical (unpaired) electrons. The van der Waals surface area contributed by atoms with Crippen molar-refractivity contribution < 1.29 is 19.2 Å². The van der Waals surface area contributed by atoms with E-state index in [4.69, 9.17) is 0 Å². The van der Waals surface area contributed by atoms with Gasteiger partial charge in [-0.2, -0.15) is 5.10 Å². The Bertz CT molecular complexity index is 545. The average molecular weight is 298 g/mol. The van der Waals surface area contributed by atoms with Gasteiger partial charge < -0.3 is 0 Å². The summed E-state index contributed by atoms with van der Waals surface area (Å²) in [4.78, 5) is 48.7. The summed E-state index contributed by atoms with van der Waals surface area (Å²) in [5.41, 5.74) is 4.32. The van der Waals surface area contributed by atoms with Crippen LogP contribution in [-0.2, 0) is 20.9 Å². The van der Waals surface area contributed by atoms with Crippen LogP contribution in [0.15, 0.2) is 12.7 Å². The highest BCUT2D eigenvalue weighted by Gasteiger charge is 2.33. The van der Waals surface area contributed by atoms with Gasteiger partial charge in [0.15, 0.2) is 0 Å². The zero-order chi connectivity index (χ0) is 14.5. The molecule has 2 rings (SSSR count). The number of hydrogen-bond donors (Lipinski definition) is 3. The third-order valence-electron chi connectivity index (χ3n) is 2.25. The van der Waals surface area contributed by atoms with Crippen molar-refractivity contribution in [2.45, 2.75) is 18.2 Å². The summed E-state index contributed by atoms with van der Waals surface area (Å²) in [6, 6.07) is 0. The van der Waals surface area contributed by atoms with Crippen LogP contribution in [0.5, 0.6) is 0 Å². The molecule has 0 spiro atoms. The van der Waals surface area contributed by atoms with Crippen molar-refractivity contribution >= 4 is 34.7 Å². The molecule has 106 valence electrons. The van der Waals surface area contributed by atoms with Crippen molar-refractivity contribution in [3.8, 4) is 0 Å². The Morgan fingerprint density at radius 2 is 2.10 bits per heavy atom. The van der Waals surface area contributed by atoms with Gasteiger partial charge in [-0.15, -0.1) is 0 Å². The van der Waals surface area contributed by atoms with Crippen LogP contribution < -0.4 is 16.2 Å². The molecule has 0 saturated carbocycles. The highest BCUT2D eigenvalue weighted by Crippen LogP contribution is 2.21. The lowest BCUT2D eigenvalue weighted by Gasteiger charge is -2.08. The number of imide groups is 1. The predicted octanol–water partition coefficient (Wildman–Crippen LogP) is -1.83. The van der Waals surface area contributed by atoms with Crippen molar-refractivity contribution in [1.29, 1.82) is 0 Å². The van der Waals surface area contributed by atoms with Gasteiger partial charge in [-0.3, -0.25) is 35.3 Å². The minimum atomic E-state index is -0.769. The molecule has 11 heteroatoms. The molecule has 4 amide bonds. The predicted molar refractivity (Wildman–Crippen MR) is 65.8 cm³/mol. The van der Waals surface area contributed by atoms with Crippen molar-refractivity contribution in [3.63, 3.8) is 0 Å². The monoisotopic (exact) mass is 298 g/mol. The summed E-state index contributed by atoms with van der Waals surface area (Å²) >= 11 is 0.745. The van der Waals surface area contributed by atoms with E-state index in [1.54, 1.807) is 0 Å². The number of carbonyl (C=O) groups is 4. The summed E-state index contributed by atoms with van der Waals surface area (Å²) in [5, 5.41) is 4.54. The standard InChI is InChI=1S/C9H10N6O4S/c16-6(1-5-8(18)12-9(19)20-5)13-14-7(17)2-15-4-10-3-11-15/h3-5H,1-2H2,(H,13,16)(H,14,17)(H,12,18,19)/t5-/m1/s1. The summed E-state index contributed by atoms with van der Waals surface area (Å²) in [6.45, 7) is -0.0998. The van der Waals surface area contributed by atoms with E-state index in [1.807, 2.05) is 0 Å². The third kappa shape index (κ3) is 3.78. The second kappa shape index (κ2) is 6.14. The smallest absolute Gasteiger partial charge is 0.286 e. The number of carbonyl (C=O) groups excluding carboxylic acids is 4. The first kappa shape index (κ1) is 14.0. The Morgan fingerprint density at radius 3 is 2.70 bits per heavy atom. The van der Waals surface area contributed by atoms with Crippen LogP contribution in [0.4, 0.5) is 4.79 Å². The Hall–Kier alpha value is -2.43. The topological polar surface area (TPSA) is 135 Å². The van der Waals surface area contributed by atoms with E-state index in [-0.39, 0.29) is 13.0 Å². The van der Waals surface area contributed by atoms with Gasteiger partial charge in [0.1, 0.15) is 24.4 Å². The fourth-order valence-electron chi connectivity index (χ4n) is 1.39. The number of hydrogen-bond acceptors (Lipinski definition) is 7. The second-order valence-electron chi connectivity index (χ2n) is 3.78. The van der Waals surface area contributed by atoms with E-state index in [1.165, 1.54) is 17.3 Å². The molecule has 2 heterocycles. The molecule has 10 nitrogen and oxygen atoms in total. The van der Waals surface area contributed by atoms with E-state index < -0.39 is 28.2 Å². The number of thioether (sulfide) groups is 1. The molecule has 1 aliphatic heterocycles. The first-order chi connectivity index (χ1) is 9.54. The molecule has 1 saturated heterocycles. The largest absolute Gasteiger partial charge is 0.286 e. The molecule has 1 atom stereocenters. The van der Waals surface area contributed by atoms with Crippen LogP contribution in [0, 0.1) is 0 Å². The number of nitrogens with zero attached hydrogens (tertiary/aromatic N) is 3. The molecule has 1 aromatic heterocycles. The van der Waals surface area contributed by atoms with Crippen LogP contribution in [0.3, 0.4) is 0 Å². The van der Waals surface area contributed by atoms with Gasteiger partial charge in [0.2, 0.25) is 11.8 Å². The maximum absolute atomic E-state index is 11.5. The highest BCUT2D eigenvalue weighted by molar-refractivity contribution is 8.15. The number of rotatable bonds is 4. The van der Waals surface area contributed by atoms with Crippen LogP contribution in [-0.4, -0.2) is 43.0 Å². The molecule has 1 aromatic rings. The van der Waals surface area contributed by atoms with Crippen molar-refractivity contribution in [1.82, 2.24) is 30.9 Å². The molecular weight excluding hydrogens is 288 g/mol. The van der Waals surface area contributed by atoms with E-state index in [0.29, 0.717) is 0 Å². The van der Waals surface area contributed by atoms with E-state index in [2.05, 4.69) is 26.3 Å². The molecule has 20 heavy (non-hydrogen) atoms. The van der Waals surface area contributed by atoms with Gasteiger partial charge in [-0.05, 0) is 0 Å². The van der Waals surface area contributed by atoms with E-state index in [0.717, 1.165) is 11.8 Å². The molecular formula is C9H10N6O4S. The first-order valence-corrected chi connectivity index (χ1v) is 6.34. The van der Waals surface area contributed by atoms with Gasteiger partial charge in [0.25, 0.3) is 11.1 Å². The lowest BCUT2D eigenvalue weighted by molar-refractivity contribution is -0.130. The number of hydrazine groups is 1. The third-order valence-corrected chi connectivity index (χ3v) is 3.23. The van der Waals surface area contributed by atoms with Crippen LogP contribution in [0.25, 0.3) is 0 Å².